The summed E-state index contributed by atoms with van der Waals surface area (Å²) in [4.78, 5) is 24.2. The largest absolute Gasteiger partial charge is 0.478 e. The van der Waals surface area contributed by atoms with E-state index in [2.05, 4.69) is 0 Å². The summed E-state index contributed by atoms with van der Waals surface area (Å²) < 4.78 is 0. The highest BCUT2D eigenvalue weighted by Gasteiger charge is 2.36. The van der Waals surface area contributed by atoms with Crippen LogP contribution in [0.3, 0.4) is 0 Å². The van der Waals surface area contributed by atoms with Gasteiger partial charge in [-0.3, -0.25) is 4.90 Å². The van der Waals surface area contributed by atoms with Gasteiger partial charge in [0, 0.05) is 12.3 Å². The van der Waals surface area contributed by atoms with E-state index in [0.717, 1.165) is 12.3 Å². The van der Waals surface area contributed by atoms with Crippen molar-refractivity contribution in [3.8, 4) is 0 Å². The molecule has 0 bridgehead atoms. The summed E-state index contributed by atoms with van der Waals surface area (Å²) in [6.07, 6.45) is 4.79. The van der Waals surface area contributed by atoms with Crippen molar-refractivity contribution in [1.29, 1.82) is 0 Å². The average Bonchev–Trinajstić information content (AvgIpc) is 2.74. The first-order valence-electron chi connectivity index (χ1n) is 5.39. The average molecular weight is 251 g/mol. The molecule has 1 fully saturated rings. The number of carbonyl (C=O) groups excluding carboxylic acids is 1. The van der Waals surface area contributed by atoms with Gasteiger partial charge < -0.3 is 5.11 Å². The summed E-state index contributed by atoms with van der Waals surface area (Å²) in [5.74, 6) is 1.84. The Morgan fingerprint density at radius 1 is 1.65 bits per heavy atom. The maximum Gasteiger partial charge on any atom is 0.333 e. The second-order valence-electron chi connectivity index (χ2n) is 3.95. The normalized spacial score (nSPS) is 29.0. The van der Waals surface area contributed by atoms with E-state index in [0.29, 0.717) is 5.57 Å². The van der Waals surface area contributed by atoms with Crippen LogP contribution in [-0.4, -0.2) is 45.6 Å². The second kappa shape index (κ2) is 4.92. The number of thioether (sulfide) groups is 1. The van der Waals surface area contributed by atoms with E-state index < -0.39 is 12.0 Å². The molecule has 1 aliphatic heterocycles. The molecule has 1 heterocycles. The number of carboxylic acid groups (broad SMARTS) is 1. The first-order valence-corrected chi connectivity index (χ1v) is 6.44. The predicted molar refractivity (Wildman–Crippen MR) is 66.5 cm³/mol. The zero-order valence-corrected chi connectivity index (χ0v) is 10.2. The van der Waals surface area contributed by atoms with Gasteiger partial charge in [0.15, 0.2) is 0 Å². The monoisotopic (exact) mass is 251 g/mol. The molecule has 1 N–H and O–H groups in total. The molecule has 5 heteroatoms. The minimum Gasteiger partial charge on any atom is -0.478 e. The Kier molecular flexibility index (Phi) is 3.52. The van der Waals surface area contributed by atoms with Gasteiger partial charge in [-0.1, -0.05) is 6.08 Å². The van der Waals surface area contributed by atoms with Gasteiger partial charge in [0.1, 0.15) is 5.94 Å². The van der Waals surface area contributed by atoms with Gasteiger partial charge >= 0.3 is 5.97 Å². The molecule has 4 nitrogen and oxygen atoms in total. The van der Waals surface area contributed by atoms with E-state index in [-0.39, 0.29) is 10.9 Å². The van der Waals surface area contributed by atoms with E-state index in [1.165, 1.54) is 0 Å². The molecule has 0 amide bonds. The van der Waals surface area contributed by atoms with E-state index in [9.17, 15) is 14.7 Å². The minimum absolute atomic E-state index is 0.220. The van der Waals surface area contributed by atoms with Crippen molar-refractivity contribution < 1.29 is 14.7 Å². The smallest absolute Gasteiger partial charge is 0.333 e. The standard InChI is InChI=1S/C12H13NO3S/c1-8-13(5-6-17-8)11-9(7-14)3-2-4-10(11)12(15)16/h2-4,8,11H,5-6H2,1H3,(H,15,16). The highest BCUT2D eigenvalue weighted by atomic mass is 32.2. The van der Waals surface area contributed by atoms with Crippen LogP contribution in [0.2, 0.25) is 0 Å². The number of rotatable bonds is 2. The molecule has 0 aromatic heterocycles. The third kappa shape index (κ3) is 2.22. The molecule has 0 aromatic carbocycles. The molecule has 0 spiro atoms. The number of hydrogen-bond donors (Lipinski definition) is 1. The molecule has 0 saturated carbocycles. The summed E-state index contributed by atoms with van der Waals surface area (Å²) in [6.45, 7) is 2.82. The molecule has 1 aliphatic carbocycles. The van der Waals surface area contributed by atoms with E-state index in [1.54, 1.807) is 30.0 Å². The van der Waals surface area contributed by atoms with E-state index >= 15 is 0 Å². The zero-order valence-electron chi connectivity index (χ0n) is 9.42. The van der Waals surface area contributed by atoms with E-state index in [1.807, 2.05) is 17.8 Å². The number of hydrogen-bond acceptors (Lipinski definition) is 4. The molecule has 2 aliphatic rings. The molecule has 2 atom stereocenters. The Bertz CT molecular complexity index is 449. The molecule has 0 radical (unpaired) electrons. The maximum absolute atomic E-state index is 11.2. The number of carboxylic acids is 1. The topological polar surface area (TPSA) is 57.6 Å². The van der Waals surface area contributed by atoms with Gasteiger partial charge in [-0.15, -0.1) is 11.8 Å². The summed E-state index contributed by atoms with van der Waals surface area (Å²) >= 11 is 1.76. The highest BCUT2D eigenvalue weighted by molar-refractivity contribution is 8.00. The molecule has 1 saturated heterocycles. The van der Waals surface area contributed by atoms with Gasteiger partial charge in [-0.05, 0) is 19.1 Å². The van der Waals surface area contributed by atoms with Gasteiger partial charge in [0.2, 0.25) is 0 Å². The van der Waals surface area contributed by atoms with Crippen LogP contribution in [0.1, 0.15) is 6.92 Å². The SMILES string of the molecule is CC1SCCN1C1C(=C=O)C=CC=C1C(=O)O. The van der Waals surface area contributed by atoms with Crippen LogP contribution >= 0.6 is 11.8 Å². The van der Waals surface area contributed by atoms with Gasteiger partial charge in [0.25, 0.3) is 0 Å². The lowest BCUT2D eigenvalue weighted by molar-refractivity contribution is -0.133. The Morgan fingerprint density at radius 3 is 2.94 bits per heavy atom. The third-order valence-electron chi connectivity index (χ3n) is 3.01. The molecule has 90 valence electrons. The summed E-state index contributed by atoms with van der Waals surface area (Å²) in [5, 5.41) is 9.41. The minimum atomic E-state index is -0.976. The van der Waals surface area contributed by atoms with Crippen LogP contribution in [0.15, 0.2) is 29.4 Å². The Hall–Kier alpha value is -1.29. The van der Waals surface area contributed by atoms with Crippen molar-refractivity contribution >= 4 is 23.7 Å². The molecule has 2 unspecified atom stereocenters. The number of carbonyl (C=O) groups is 1. The summed E-state index contributed by atoms with van der Waals surface area (Å²) in [7, 11) is 0. The lowest BCUT2D eigenvalue weighted by Crippen LogP contribution is -2.42. The number of nitrogens with zero attached hydrogens (tertiary/aromatic N) is 1. The van der Waals surface area contributed by atoms with Crippen LogP contribution in [0.5, 0.6) is 0 Å². The van der Waals surface area contributed by atoms with Crippen LogP contribution in [0, 0.1) is 0 Å². The number of allylic oxidation sites excluding steroid dienone is 2. The summed E-state index contributed by atoms with van der Waals surface area (Å²) in [5.41, 5.74) is 0.652. The quantitative estimate of drug-likeness (QED) is 0.744. The van der Waals surface area contributed by atoms with Gasteiger partial charge in [-0.2, -0.15) is 0 Å². The molecular formula is C12H13NO3S. The van der Waals surface area contributed by atoms with Crippen molar-refractivity contribution in [3.63, 3.8) is 0 Å². The molecule has 0 aromatic rings. The molecular weight excluding hydrogens is 238 g/mol. The van der Waals surface area contributed by atoms with E-state index in [4.69, 9.17) is 0 Å². The van der Waals surface area contributed by atoms with Gasteiger partial charge in [-0.25, -0.2) is 9.59 Å². The summed E-state index contributed by atoms with van der Waals surface area (Å²) in [6, 6.07) is -0.458. The Morgan fingerprint density at radius 2 is 2.41 bits per heavy atom. The lowest BCUT2D eigenvalue weighted by atomic mass is 9.93. The van der Waals surface area contributed by atoms with Crippen molar-refractivity contribution in [2.45, 2.75) is 18.3 Å². The van der Waals surface area contributed by atoms with Crippen molar-refractivity contribution in [2.75, 3.05) is 12.3 Å². The Labute approximate surface area is 104 Å². The predicted octanol–water partition coefficient (Wildman–Crippen LogP) is 1.09. The first-order chi connectivity index (χ1) is 8.15. The molecule has 17 heavy (non-hydrogen) atoms. The fourth-order valence-electron chi connectivity index (χ4n) is 2.19. The van der Waals surface area contributed by atoms with Crippen molar-refractivity contribution in [1.82, 2.24) is 4.90 Å². The van der Waals surface area contributed by atoms with Crippen molar-refractivity contribution in [2.24, 2.45) is 0 Å². The van der Waals surface area contributed by atoms with Crippen LogP contribution < -0.4 is 0 Å². The highest BCUT2D eigenvalue weighted by Crippen LogP contribution is 2.32. The molecule has 2 rings (SSSR count). The zero-order chi connectivity index (χ0) is 12.4. The third-order valence-corrected chi connectivity index (χ3v) is 4.18. The van der Waals surface area contributed by atoms with Crippen LogP contribution in [0.4, 0.5) is 0 Å². The second-order valence-corrected chi connectivity index (χ2v) is 5.38. The number of aliphatic carboxylic acids is 1. The van der Waals surface area contributed by atoms with Crippen molar-refractivity contribution in [3.05, 3.63) is 29.4 Å². The first kappa shape index (κ1) is 12.2. The Balaban J connectivity index is 2.38. The fraction of sp³-hybridized carbons (Fsp3) is 0.417. The van der Waals surface area contributed by atoms with Gasteiger partial charge in [0.05, 0.1) is 22.6 Å². The van der Waals surface area contributed by atoms with Crippen LogP contribution in [0.25, 0.3) is 0 Å². The maximum atomic E-state index is 11.2. The lowest BCUT2D eigenvalue weighted by Gasteiger charge is -2.31. The fourth-order valence-corrected chi connectivity index (χ4v) is 3.26. The van der Waals surface area contributed by atoms with Crippen LogP contribution in [-0.2, 0) is 9.59 Å².